The first-order valence-corrected chi connectivity index (χ1v) is 6.87. The second-order valence-corrected chi connectivity index (χ2v) is 5.18. The summed E-state index contributed by atoms with van der Waals surface area (Å²) < 4.78 is 1.82. The molecular weight excluding hydrogens is 262 g/mol. The van der Waals surface area contributed by atoms with Gasteiger partial charge in [0, 0.05) is 12.7 Å². The number of hydrogen-bond donors (Lipinski definition) is 1. The lowest BCUT2D eigenvalue weighted by molar-refractivity contribution is 0.101. The summed E-state index contributed by atoms with van der Waals surface area (Å²) in [6.45, 7) is 4.03. The van der Waals surface area contributed by atoms with E-state index in [1.54, 1.807) is 0 Å². The number of para-hydroxylation sites is 2. The zero-order valence-corrected chi connectivity index (χ0v) is 12.3. The fourth-order valence-corrected chi connectivity index (χ4v) is 2.41. The van der Waals surface area contributed by atoms with Crippen molar-refractivity contribution in [3.63, 3.8) is 0 Å². The summed E-state index contributed by atoms with van der Waals surface area (Å²) in [6, 6.07) is 13.6. The highest BCUT2D eigenvalue weighted by molar-refractivity contribution is 6.04. The van der Waals surface area contributed by atoms with Gasteiger partial charge in [0.1, 0.15) is 0 Å². The zero-order valence-electron chi connectivity index (χ0n) is 12.3. The van der Waals surface area contributed by atoms with Crippen LogP contribution in [0.15, 0.2) is 42.5 Å². The minimum absolute atomic E-state index is 0.192. The molecule has 1 N–H and O–H groups in total. The number of aryl methyl sites for hydroxylation is 2. The molecule has 0 spiro atoms. The fourth-order valence-electron chi connectivity index (χ4n) is 2.41. The molecule has 0 saturated heterocycles. The van der Waals surface area contributed by atoms with Gasteiger partial charge in [-0.25, -0.2) is 4.98 Å². The Kier molecular flexibility index (Phi) is 3.22. The number of fused-ring (bicyclic) bond motifs is 1. The molecule has 0 bridgehead atoms. The maximum absolute atomic E-state index is 12.5. The highest BCUT2D eigenvalue weighted by Gasteiger charge is 2.16. The summed E-state index contributed by atoms with van der Waals surface area (Å²) >= 11 is 0. The van der Waals surface area contributed by atoms with Gasteiger partial charge in [0.25, 0.3) is 5.91 Å². The van der Waals surface area contributed by atoms with E-state index in [4.69, 9.17) is 0 Å². The van der Waals surface area contributed by atoms with E-state index in [0.29, 0.717) is 5.82 Å². The standard InChI is InChI=1S/C17H17N3O/c1-11-7-6-9-13(12(11)2)19-17(21)16-18-14-8-4-5-10-15(14)20(16)3/h4-10H,1-3H3,(H,19,21). The Morgan fingerprint density at radius 3 is 2.62 bits per heavy atom. The van der Waals surface area contributed by atoms with Crippen molar-refractivity contribution in [1.29, 1.82) is 0 Å². The van der Waals surface area contributed by atoms with Crippen LogP contribution < -0.4 is 5.32 Å². The average molecular weight is 279 g/mol. The first-order valence-electron chi connectivity index (χ1n) is 6.87. The van der Waals surface area contributed by atoms with Gasteiger partial charge in [-0.05, 0) is 43.2 Å². The van der Waals surface area contributed by atoms with Crippen LogP contribution in [0, 0.1) is 13.8 Å². The second kappa shape index (κ2) is 5.05. The van der Waals surface area contributed by atoms with Crippen LogP contribution in [0.5, 0.6) is 0 Å². The number of carbonyl (C=O) groups is 1. The van der Waals surface area contributed by atoms with Crippen molar-refractivity contribution in [2.45, 2.75) is 13.8 Å². The van der Waals surface area contributed by atoms with Crippen LogP contribution in [0.1, 0.15) is 21.7 Å². The van der Waals surface area contributed by atoms with Crippen LogP contribution in [0.25, 0.3) is 11.0 Å². The molecule has 0 saturated carbocycles. The highest BCUT2D eigenvalue weighted by atomic mass is 16.2. The summed E-state index contributed by atoms with van der Waals surface area (Å²) in [5.41, 5.74) is 4.82. The molecule has 0 fully saturated rings. The summed E-state index contributed by atoms with van der Waals surface area (Å²) in [6.07, 6.45) is 0. The summed E-state index contributed by atoms with van der Waals surface area (Å²) in [5.74, 6) is 0.222. The lowest BCUT2D eigenvalue weighted by atomic mass is 10.1. The molecule has 0 radical (unpaired) electrons. The Labute approximate surface area is 123 Å². The van der Waals surface area contributed by atoms with E-state index in [-0.39, 0.29) is 5.91 Å². The number of carbonyl (C=O) groups excluding carboxylic acids is 1. The first kappa shape index (κ1) is 13.4. The molecule has 1 heterocycles. The number of imidazole rings is 1. The van der Waals surface area contributed by atoms with Crippen molar-refractivity contribution in [3.8, 4) is 0 Å². The van der Waals surface area contributed by atoms with Crippen LogP contribution in [-0.4, -0.2) is 15.5 Å². The number of nitrogens with one attached hydrogen (secondary N) is 1. The molecule has 3 aromatic rings. The van der Waals surface area contributed by atoms with Gasteiger partial charge in [0.05, 0.1) is 11.0 Å². The quantitative estimate of drug-likeness (QED) is 0.781. The van der Waals surface area contributed by atoms with Gasteiger partial charge in [-0.15, -0.1) is 0 Å². The van der Waals surface area contributed by atoms with E-state index in [1.165, 1.54) is 0 Å². The zero-order chi connectivity index (χ0) is 15.0. The Morgan fingerprint density at radius 2 is 1.86 bits per heavy atom. The van der Waals surface area contributed by atoms with Crippen molar-refractivity contribution < 1.29 is 4.79 Å². The van der Waals surface area contributed by atoms with E-state index in [2.05, 4.69) is 10.3 Å². The van der Waals surface area contributed by atoms with Gasteiger partial charge in [-0.3, -0.25) is 4.79 Å². The number of rotatable bonds is 2. The van der Waals surface area contributed by atoms with E-state index >= 15 is 0 Å². The van der Waals surface area contributed by atoms with E-state index in [1.807, 2.05) is 67.9 Å². The van der Waals surface area contributed by atoms with Crippen LogP contribution in [0.2, 0.25) is 0 Å². The SMILES string of the molecule is Cc1cccc(NC(=O)c2nc3ccccc3n2C)c1C. The number of aromatic nitrogens is 2. The molecule has 1 amide bonds. The van der Waals surface area contributed by atoms with Crippen LogP contribution in [-0.2, 0) is 7.05 Å². The van der Waals surface area contributed by atoms with Crippen molar-refractivity contribution in [3.05, 3.63) is 59.4 Å². The summed E-state index contributed by atoms with van der Waals surface area (Å²) in [4.78, 5) is 16.9. The lowest BCUT2D eigenvalue weighted by Crippen LogP contribution is -2.17. The Bertz CT molecular complexity index is 833. The van der Waals surface area contributed by atoms with Gasteiger partial charge < -0.3 is 9.88 Å². The number of amides is 1. The van der Waals surface area contributed by atoms with Crippen molar-refractivity contribution in [2.75, 3.05) is 5.32 Å². The van der Waals surface area contributed by atoms with Gasteiger partial charge in [-0.1, -0.05) is 24.3 Å². The molecule has 0 aliphatic rings. The van der Waals surface area contributed by atoms with Crippen molar-refractivity contribution in [2.24, 2.45) is 7.05 Å². The third kappa shape index (κ3) is 2.29. The molecule has 21 heavy (non-hydrogen) atoms. The maximum atomic E-state index is 12.5. The van der Waals surface area contributed by atoms with Crippen molar-refractivity contribution >= 4 is 22.6 Å². The summed E-state index contributed by atoms with van der Waals surface area (Å²) in [7, 11) is 1.85. The highest BCUT2D eigenvalue weighted by Crippen LogP contribution is 2.20. The van der Waals surface area contributed by atoms with Crippen molar-refractivity contribution in [1.82, 2.24) is 9.55 Å². The normalized spacial score (nSPS) is 10.8. The van der Waals surface area contributed by atoms with Gasteiger partial charge in [0.15, 0.2) is 5.82 Å². The van der Waals surface area contributed by atoms with Crippen LogP contribution in [0.4, 0.5) is 5.69 Å². The molecule has 4 nitrogen and oxygen atoms in total. The maximum Gasteiger partial charge on any atom is 0.291 e. The molecular formula is C17H17N3O. The third-order valence-corrected chi connectivity index (χ3v) is 3.84. The second-order valence-electron chi connectivity index (χ2n) is 5.18. The molecule has 106 valence electrons. The Balaban J connectivity index is 1.97. The van der Waals surface area contributed by atoms with E-state index in [0.717, 1.165) is 27.8 Å². The van der Waals surface area contributed by atoms with Gasteiger partial charge >= 0.3 is 0 Å². The Morgan fingerprint density at radius 1 is 1.10 bits per heavy atom. The first-order chi connectivity index (χ1) is 10.1. The van der Waals surface area contributed by atoms with E-state index < -0.39 is 0 Å². The smallest absolute Gasteiger partial charge is 0.291 e. The van der Waals surface area contributed by atoms with E-state index in [9.17, 15) is 4.79 Å². The lowest BCUT2D eigenvalue weighted by Gasteiger charge is -2.10. The minimum Gasteiger partial charge on any atom is -0.323 e. The average Bonchev–Trinajstić information content (AvgIpc) is 2.82. The number of anilines is 1. The molecule has 4 heteroatoms. The molecule has 0 aliphatic heterocycles. The minimum atomic E-state index is -0.192. The predicted octanol–water partition coefficient (Wildman–Crippen LogP) is 3.44. The molecule has 1 aromatic heterocycles. The topological polar surface area (TPSA) is 46.9 Å². The Hall–Kier alpha value is -2.62. The predicted molar refractivity (Wildman–Crippen MR) is 84.6 cm³/mol. The number of benzene rings is 2. The monoisotopic (exact) mass is 279 g/mol. The number of hydrogen-bond acceptors (Lipinski definition) is 2. The molecule has 2 aromatic carbocycles. The largest absolute Gasteiger partial charge is 0.323 e. The van der Waals surface area contributed by atoms with Crippen LogP contribution in [0.3, 0.4) is 0 Å². The summed E-state index contributed by atoms with van der Waals surface area (Å²) in [5, 5.41) is 2.95. The van der Waals surface area contributed by atoms with Gasteiger partial charge in [-0.2, -0.15) is 0 Å². The number of nitrogens with zero attached hydrogens (tertiary/aromatic N) is 2. The molecule has 3 rings (SSSR count). The fraction of sp³-hybridized carbons (Fsp3) is 0.176. The van der Waals surface area contributed by atoms with Gasteiger partial charge in [0.2, 0.25) is 0 Å². The third-order valence-electron chi connectivity index (χ3n) is 3.84. The molecule has 0 atom stereocenters. The molecule has 0 unspecified atom stereocenters. The van der Waals surface area contributed by atoms with Crippen LogP contribution >= 0.6 is 0 Å². The molecule has 0 aliphatic carbocycles.